The number of halogens is 1. The number of carbonyl (C=O) groups excluding carboxylic acids is 3. The number of aliphatic imine (C=N–C) groups is 1. The highest BCUT2D eigenvalue weighted by molar-refractivity contribution is 6.29. The summed E-state index contributed by atoms with van der Waals surface area (Å²) in [5.41, 5.74) is 0.807. The van der Waals surface area contributed by atoms with Crippen LogP contribution in [-0.2, 0) is 9.59 Å². The van der Waals surface area contributed by atoms with Crippen LogP contribution in [0.4, 0.5) is 10.5 Å². The number of imide groups is 1. The van der Waals surface area contributed by atoms with Crippen molar-refractivity contribution in [2.75, 3.05) is 11.9 Å². The summed E-state index contributed by atoms with van der Waals surface area (Å²) in [5, 5.41) is 2.84. The summed E-state index contributed by atoms with van der Waals surface area (Å²) in [6, 6.07) is 2.34. The molecule has 0 aromatic carbocycles. The van der Waals surface area contributed by atoms with E-state index in [4.69, 9.17) is 11.6 Å². The van der Waals surface area contributed by atoms with Crippen molar-refractivity contribution >= 4 is 40.8 Å². The number of nitrogens with zero attached hydrogens (tertiary/aromatic N) is 3. The number of hydrogen-bond donors (Lipinski definition) is 1. The Bertz CT molecular complexity index is 767. The van der Waals surface area contributed by atoms with Crippen molar-refractivity contribution in [1.82, 2.24) is 9.88 Å². The Hall–Kier alpha value is -2.80. The van der Waals surface area contributed by atoms with Crippen LogP contribution in [-0.4, -0.2) is 40.0 Å². The van der Waals surface area contributed by atoms with Crippen LogP contribution in [0.2, 0.25) is 5.15 Å². The van der Waals surface area contributed by atoms with Gasteiger partial charge in [-0.1, -0.05) is 29.8 Å². The SMILES string of the molecule is O=C(CN1C(=O)N=C2C=CC=CC2C1=O)Nc1ccc(Cl)nc1. The van der Waals surface area contributed by atoms with E-state index in [2.05, 4.69) is 15.3 Å². The van der Waals surface area contributed by atoms with Crippen molar-refractivity contribution in [2.24, 2.45) is 10.9 Å². The minimum Gasteiger partial charge on any atom is -0.323 e. The lowest BCUT2D eigenvalue weighted by molar-refractivity contribution is -0.132. The third kappa shape index (κ3) is 3.19. The molecule has 1 N–H and O–H groups in total. The maximum atomic E-state index is 12.3. The first-order valence-corrected chi connectivity index (χ1v) is 7.12. The normalized spacial score (nSPS) is 19.4. The van der Waals surface area contributed by atoms with Gasteiger partial charge in [0.2, 0.25) is 11.8 Å². The molecule has 23 heavy (non-hydrogen) atoms. The number of rotatable bonds is 3. The van der Waals surface area contributed by atoms with E-state index in [0.717, 1.165) is 4.90 Å². The molecule has 1 aromatic rings. The number of pyridine rings is 1. The first-order valence-electron chi connectivity index (χ1n) is 6.75. The van der Waals surface area contributed by atoms with Gasteiger partial charge in [0.25, 0.3) is 0 Å². The van der Waals surface area contributed by atoms with Crippen LogP contribution in [0.3, 0.4) is 0 Å². The molecular formula is C15H11ClN4O3. The molecule has 0 saturated carbocycles. The molecule has 1 atom stereocenters. The highest BCUT2D eigenvalue weighted by Crippen LogP contribution is 2.19. The molecule has 2 aliphatic rings. The van der Waals surface area contributed by atoms with Gasteiger partial charge in [-0.05, 0) is 18.2 Å². The van der Waals surface area contributed by atoms with E-state index in [-0.39, 0.29) is 0 Å². The second-order valence-electron chi connectivity index (χ2n) is 4.88. The Balaban J connectivity index is 1.71. The molecule has 0 fully saturated rings. The van der Waals surface area contributed by atoms with E-state index in [1.807, 2.05) is 0 Å². The van der Waals surface area contributed by atoms with Gasteiger partial charge in [0.1, 0.15) is 11.7 Å². The molecule has 1 aromatic heterocycles. The number of urea groups is 1. The minimum atomic E-state index is -0.745. The van der Waals surface area contributed by atoms with E-state index in [1.165, 1.54) is 12.3 Å². The minimum absolute atomic E-state index is 0.295. The third-order valence-corrected chi connectivity index (χ3v) is 3.52. The summed E-state index contributed by atoms with van der Waals surface area (Å²) in [4.78, 5) is 44.8. The van der Waals surface area contributed by atoms with Gasteiger partial charge in [-0.15, -0.1) is 0 Å². The van der Waals surface area contributed by atoms with Crippen LogP contribution in [0.25, 0.3) is 0 Å². The predicted molar refractivity (Wildman–Crippen MR) is 84.2 cm³/mol. The zero-order valence-corrected chi connectivity index (χ0v) is 12.5. The van der Waals surface area contributed by atoms with Gasteiger partial charge in [-0.3, -0.25) is 14.5 Å². The molecule has 0 radical (unpaired) electrons. The molecule has 0 saturated heterocycles. The van der Waals surface area contributed by atoms with Gasteiger partial charge in [0, 0.05) is 0 Å². The van der Waals surface area contributed by atoms with E-state index < -0.39 is 30.3 Å². The van der Waals surface area contributed by atoms with Crippen LogP contribution < -0.4 is 5.32 Å². The highest BCUT2D eigenvalue weighted by Gasteiger charge is 2.36. The van der Waals surface area contributed by atoms with E-state index in [9.17, 15) is 14.4 Å². The van der Waals surface area contributed by atoms with Crippen LogP contribution >= 0.6 is 11.6 Å². The van der Waals surface area contributed by atoms with Crippen LogP contribution in [0.1, 0.15) is 0 Å². The topological polar surface area (TPSA) is 91.7 Å². The number of hydrogen-bond acceptors (Lipinski definition) is 4. The zero-order chi connectivity index (χ0) is 16.4. The Labute approximate surface area is 136 Å². The Morgan fingerprint density at radius 3 is 2.87 bits per heavy atom. The average molecular weight is 331 g/mol. The smallest absolute Gasteiger partial charge is 0.323 e. The summed E-state index contributed by atoms with van der Waals surface area (Å²) in [6.07, 6.45) is 8.03. The Morgan fingerprint density at radius 1 is 1.30 bits per heavy atom. The zero-order valence-electron chi connectivity index (χ0n) is 11.8. The van der Waals surface area contributed by atoms with Crippen molar-refractivity contribution in [2.45, 2.75) is 0 Å². The number of allylic oxidation sites excluding steroid dienone is 3. The van der Waals surface area contributed by atoms with E-state index >= 15 is 0 Å². The maximum Gasteiger partial charge on any atom is 0.351 e. The monoisotopic (exact) mass is 330 g/mol. The van der Waals surface area contributed by atoms with Gasteiger partial charge >= 0.3 is 6.03 Å². The average Bonchev–Trinajstić information content (AvgIpc) is 2.54. The van der Waals surface area contributed by atoms with Crippen molar-refractivity contribution in [3.63, 3.8) is 0 Å². The number of nitrogens with one attached hydrogen (secondary N) is 1. The van der Waals surface area contributed by atoms with Crippen molar-refractivity contribution in [3.8, 4) is 0 Å². The van der Waals surface area contributed by atoms with Gasteiger partial charge in [-0.2, -0.15) is 4.99 Å². The van der Waals surface area contributed by atoms with Crippen molar-refractivity contribution < 1.29 is 14.4 Å². The summed E-state index contributed by atoms with van der Waals surface area (Å²) < 4.78 is 0. The van der Waals surface area contributed by atoms with Gasteiger partial charge in [-0.25, -0.2) is 9.78 Å². The molecule has 1 aliphatic heterocycles. The fourth-order valence-electron chi connectivity index (χ4n) is 2.22. The van der Waals surface area contributed by atoms with Gasteiger partial charge in [0.15, 0.2) is 0 Å². The molecule has 2 heterocycles. The number of aromatic nitrogens is 1. The predicted octanol–water partition coefficient (Wildman–Crippen LogP) is 1.82. The largest absolute Gasteiger partial charge is 0.351 e. The van der Waals surface area contributed by atoms with Gasteiger partial charge in [0.05, 0.1) is 23.5 Å². The summed E-state index contributed by atoms with van der Waals surface area (Å²) in [6.45, 7) is -0.412. The molecule has 116 valence electrons. The number of fused-ring (bicyclic) bond motifs is 1. The second-order valence-corrected chi connectivity index (χ2v) is 5.27. The first-order chi connectivity index (χ1) is 11.0. The molecule has 0 bridgehead atoms. The summed E-state index contributed by atoms with van der Waals surface area (Å²) in [5.74, 6) is -1.61. The Kier molecular flexibility index (Phi) is 4.03. The third-order valence-electron chi connectivity index (χ3n) is 3.30. The van der Waals surface area contributed by atoms with E-state index in [0.29, 0.717) is 16.6 Å². The van der Waals surface area contributed by atoms with Crippen LogP contribution in [0, 0.1) is 5.92 Å². The molecule has 4 amide bonds. The molecule has 3 rings (SSSR count). The van der Waals surface area contributed by atoms with Crippen LogP contribution in [0.5, 0.6) is 0 Å². The standard InChI is InChI=1S/C15H11ClN4O3/c16-12-6-5-9(7-17-12)18-13(21)8-20-14(22)10-3-1-2-4-11(10)19-15(20)23/h1-7,10H,8H2,(H,18,21). The van der Waals surface area contributed by atoms with E-state index in [1.54, 1.807) is 30.4 Å². The fourth-order valence-corrected chi connectivity index (χ4v) is 2.33. The highest BCUT2D eigenvalue weighted by atomic mass is 35.5. The second kappa shape index (κ2) is 6.13. The number of amides is 4. The summed E-state index contributed by atoms with van der Waals surface area (Å²) >= 11 is 5.66. The van der Waals surface area contributed by atoms with Crippen LogP contribution in [0.15, 0.2) is 47.6 Å². The quantitative estimate of drug-likeness (QED) is 0.856. The number of anilines is 1. The van der Waals surface area contributed by atoms with Crippen molar-refractivity contribution in [3.05, 3.63) is 47.8 Å². The Morgan fingerprint density at radius 2 is 2.13 bits per heavy atom. The fraction of sp³-hybridized carbons (Fsp3) is 0.133. The number of carbonyl (C=O) groups is 3. The lowest BCUT2D eigenvalue weighted by Crippen LogP contribution is -2.48. The molecule has 7 nitrogen and oxygen atoms in total. The molecule has 1 aliphatic carbocycles. The first kappa shape index (κ1) is 15.1. The molecule has 0 spiro atoms. The lowest BCUT2D eigenvalue weighted by atomic mass is 9.95. The molecular weight excluding hydrogens is 320 g/mol. The summed E-state index contributed by atoms with van der Waals surface area (Å²) in [7, 11) is 0. The lowest BCUT2D eigenvalue weighted by Gasteiger charge is -2.27. The van der Waals surface area contributed by atoms with Crippen molar-refractivity contribution in [1.29, 1.82) is 0 Å². The maximum absolute atomic E-state index is 12.3. The molecule has 8 heteroatoms. The van der Waals surface area contributed by atoms with Gasteiger partial charge < -0.3 is 5.32 Å². The molecule has 1 unspecified atom stereocenters.